The quantitative estimate of drug-likeness (QED) is 0.378. The average molecular weight is 360 g/mol. The number of rotatable bonds is 3. The Morgan fingerprint density at radius 3 is 2.64 bits per heavy atom. The molecule has 1 aliphatic heterocycles. The Labute approximate surface area is 146 Å². The molecular formula is C16H10ClN3O5. The van der Waals surface area contributed by atoms with E-state index >= 15 is 0 Å². The molecule has 0 atom stereocenters. The van der Waals surface area contributed by atoms with Gasteiger partial charge >= 0.3 is 5.69 Å². The molecule has 8 nitrogen and oxygen atoms in total. The first kappa shape index (κ1) is 16.5. The van der Waals surface area contributed by atoms with Crippen LogP contribution in [-0.2, 0) is 9.59 Å². The van der Waals surface area contributed by atoms with Gasteiger partial charge in [-0.25, -0.2) is 5.01 Å². The predicted octanol–water partition coefficient (Wildman–Crippen LogP) is 2.42. The fourth-order valence-corrected chi connectivity index (χ4v) is 2.48. The van der Waals surface area contributed by atoms with E-state index in [1.165, 1.54) is 18.2 Å². The zero-order valence-electron chi connectivity index (χ0n) is 12.5. The maximum Gasteiger partial charge on any atom is 0.311 e. The van der Waals surface area contributed by atoms with Crippen molar-refractivity contribution in [2.45, 2.75) is 0 Å². The van der Waals surface area contributed by atoms with E-state index in [4.69, 9.17) is 11.6 Å². The molecule has 0 radical (unpaired) electrons. The molecule has 2 aromatic carbocycles. The van der Waals surface area contributed by atoms with Gasteiger partial charge < -0.3 is 5.11 Å². The first-order chi connectivity index (χ1) is 11.9. The lowest BCUT2D eigenvalue weighted by Gasteiger charge is -2.14. The van der Waals surface area contributed by atoms with Crippen molar-refractivity contribution in [1.29, 1.82) is 0 Å². The van der Waals surface area contributed by atoms with Crippen molar-refractivity contribution in [1.82, 2.24) is 5.43 Å². The third-order valence-electron chi connectivity index (χ3n) is 3.47. The van der Waals surface area contributed by atoms with Crippen LogP contribution in [0.3, 0.4) is 0 Å². The molecule has 0 aromatic heterocycles. The van der Waals surface area contributed by atoms with Crippen molar-refractivity contribution in [2.75, 3.05) is 5.01 Å². The van der Waals surface area contributed by atoms with Gasteiger partial charge in [0.25, 0.3) is 11.8 Å². The second-order valence-corrected chi connectivity index (χ2v) is 5.56. The molecular weight excluding hydrogens is 350 g/mol. The topological polar surface area (TPSA) is 113 Å². The number of halogens is 1. The molecule has 126 valence electrons. The van der Waals surface area contributed by atoms with Crippen LogP contribution in [0.2, 0.25) is 5.02 Å². The van der Waals surface area contributed by atoms with Crippen LogP contribution in [0.15, 0.2) is 48.0 Å². The normalized spacial score (nSPS) is 15.6. The number of anilines is 1. The number of hydrogen-bond acceptors (Lipinski definition) is 5. The van der Waals surface area contributed by atoms with Crippen LogP contribution in [0.25, 0.3) is 6.08 Å². The second-order valence-electron chi connectivity index (χ2n) is 5.12. The van der Waals surface area contributed by atoms with Crippen LogP contribution in [0, 0.1) is 10.1 Å². The van der Waals surface area contributed by atoms with Crippen molar-refractivity contribution in [3.8, 4) is 5.75 Å². The van der Waals surface area contributed by atoms with Gasteiger partial charge in [0, 0.05) is 11.1 Å². The maximum atomic E-state index is 12.5. The number of nitrogens with one attached hydrogen (secondary N) is 1. The van der Waals surface area contributed by atoms with Crippen LogP contribution in [0.1, 0.15) is 5.56 Å². The second kappa shape index (κ2) is 6.25. The molecule has 1 saturated heterocycles. The van der Waals surface area contributed by atoms with Gasteiger partial charge in [-0.05, 0) is 35.9 Å². The summed E-state index contributed by atoms with van der Waals surface area (Å²) in [5.41, 5.74) is 2.30. The van der Waals surface area contributed by atoms with Crippen molar-refractivity contribution < 1.29 is 19.6 Å². The lowest BCUT2D eigenvalue weighted by molar-refractivity contribution is -0.385. The van der Waals surface area contributed by atoms with Crippen molar-refractivity contribution >= 4 is 40.9 Å². The minimum Gasteiger partial charge on any atom is -0.502 e. The molecule has 1 heterocycles. The van der Waals surface area contributed by atoms with Gasteiger partial charge in [0.15, 0.2) is 5.75 Å². The third kappa shape index (κ3) is 3.15. The summed E-state index contributed by atoms with van der Waals surface area (Å²) >= 11 is 5.88. The fraction of sp³-hybridized carbons (Fsp3) is 0. The maximum absolute atomic E-state index is 12.5. The summed E-state index contributed by atoms with van der Waals surface area (Å²) in [6.45, 7) is 0. The number of aromatic hydroxyl groups is 1. The zero-order valence-corrected chi connectivity index (χ0v) is 13.2. The van der Waals surface area contributed by atoms with Gasteiger partial charge in [0.1, 0.15) is 5.57 Å². The Kier molecular flexibility index (Phi) is 4.12. The smallest absolute Gasteiger partial charge is 0.311 e. The highest BCUT2D eigenvalue weighted by Crippen LogP contribution is 2.28. The van der Waals surface area contributed by atoms with Crippen LogP contribution in [0.4, 0.5) is 11.4 Å². The van der Waals surface area contributed by atoms with Crippen LogP contribution in [-0.4, -0.2) is 21.8 Å². The van der Waals surface area contributed by atoms with E-state index in [9.17, 15) is 24.8 Å². The number of carbonyl (C=O) groups excluding carboxylic acids is 2. The van der Waals surface area contributed by atoms with Gasteiger partial charge in [-0.3, -0.25) is 25.1 Å². The number of carbonyl (C=O) groups is 2. The molecule has 1 fully saturated rings. The number of nitro groups is 1. The van der Waals surface area contributed by atoms with Crippen LogP contribution in [0.5, 0.6) is 5.75 Å². The first-order valence-corrected chi connectivity index (χ1v) is 7.35. The number of hydrazine groups is 1. The largest absolute Gasteiger partial charge is 0.502 e. The Hall–Kier alpha value is -3.39. The van der Waals surface area contributed by atoms with Crippen molar-refractivity contribution in [2.24, 2.45) is 0 Å². The summed E-state index contributed by atoms with van der Waals surface area (Å²) < 4.78 is 0. The Bertz CT molecular complexity index is 941. The monoisotopic (exact) mass is 359 g/mol. The van der Waals surface area contributed by atoms with Gasteiger partial charge in [-0.15, -0.1) is 0 Å². The molecule has 25 heavy (non-hydrogen) atoms. The van der Waals surface area contributed by atoms with E-state index in [1.807, 2.05) is 0 Å². The predicted molar refractivity (Wildman–Crippen MR) is 89.8 cm³/mol. The zero-order chi connectivity index (χ0) is 18.1. The van der Waals surface area contributed by atoms with E-state index in [0.717, 1.165) is 17.1 Å². The summed E-state index contributed by atoms with van der Waals surface area (Å²) in [6.07, 6.45) is 1.22. The van der Waals surface area contributed by atoms with Crippen LogP contribution >= 0.6 is 11.6 Å². The van der Waals surface area contributed by atoms with Gasteiger partial charge in [-0.1, -0.05) is 23.7 Å². The average Bonchev–Trinajstić information content (AvgIpc) is 2.84. The lowest BCUT2D eigenvalue weighted by Crippen LogP contribution is -2.35. The third-order valence-corrected chi connectivity index (χ3v) is 3.70. The van der Waals surface area contributed by atoms with E-state index in [0.29, 0.717) is 10.7 Å². The molecule has 0 spiro atoms. The number of nitro benzene ring substituents is 1. The highest BCUT2D eigenvalue weighted by Gasteiger charge is 2.34. The number of phenolic OH excluding ortho intramolecular Hbond substituents is 1. The first-order valence-electron chi connectivity index (χ1n) is 6.97. The minimum absolute atomic E-state index is 0.194. The summed E-state index contributed by atoms with van der Waals surface area (Å²) in [6, 6.07) is 9.91. The standard InChI is InChI=1S/C16H10ClN3O5/c17-10-2-1-3-11(8-10)19-16(23)12(15(22)18-19)6-9-4-5-14(21)13(7-9)20(24)25/h1-8,21H,(H,18,22). The van der Waals surface area contributed by atoms with Crippen LogP contribution < -0.4 is 10.4 Å². The van der Waals surface area contributed by atoms with E-state index in [2.05, 4.69) is 5.43 Å². The molecule has 2 N–H and O–H groups in total. The Morgan fingerprint density at radius 2 is 1.96 bits per heavy atom. The number of amides is 2. The van der Waals surface area contributed by atoms with Gasteiger partial charge in [0.2, 0.25) is 0 Å². The number of nitrogens with zero attached hydrogens (tertiary/aromatic N) is 2. The van der Waals surface area contributed by atoms with Gasteiger partial charge in [0.05, 0.1) is 10.6 Å². The molecule has 3 rings (SSSR count). The van der Waals surface area contributed by atoms with E-state index in [-0.39, 0.29) is 11.1 Å². The fourth-order valence-electron chi connectivity index (χ4n) is 2.30. The Morgan fingerprint density at radius 1 is 1.20 bits per heavy atom. The van der Waals surface area contributed by atoms with Crippen molar-refractivity contribution in [3.63, 3.8) is 0 Å². The Balaban J connectivity index is 1.97. The molecule has 0 bridgehead atoms. The minimum atomic E-state index is -0.758. The molecule has 2 aromatic rings. The summed E-state index contributed by atoms with van der Waals surface area (Å²) in [7, 11) is 0. The highest BCUT2D eigenvalue weighted by molar-refractivity contribution is 6.33. The van der Waals surface area contributed by atoms with Gasteiger partial charge in [-0.2, -0.15) is 0 Å². The highest BCUT2D eigenvalue weighted by atomic mass is 35.5. The van der Waals surface area contributed by atoms with Crippen molar-refractivity contribution in [3.05, 3.63) is 68.7 Å². The molecule has 2 amide bonds. The molecule has 1 aliphatic rings. The molecule has 9 heteroatoms. The summed E-state index contributed by atoms with van der Waals surface area (Å²) in [4.78, 5) is 34.7. The summed E-state index contributed by atoms with van der Waals surface area (Å²) in [5.74, 6) is -1.78. The molecule has 0 unspecified atom stereocenters. The lowest BCUT2D eigenvalue weighted by atomic mass is 10.1. The summed E-state index contributed by atoms with van der Waals surface area (Å²) in [5, 5.41) is 21.8. The van der Waals surface area contributed by atoms with E-state index in [1.54, 1.807) is 18.2 Å². The SMILES string of the molecule is O=C1NN(c2cccc(Cl)c2)C(=O)C1=Cc1ccc(O)c([N+](=O)[O-])c1. The number of phenols is 1. The number of benzene rings is 2. The number of hydrogen-bond donors (Lipinski definition) is 2. The molecule has 0 saturated carbocycles. The van der Waals surface area contributed by atoms with E-state index < -0.39 is 28.2 Å². The molecule has 0 aliphatic carbocycles.